The Labute approximate surface area is 123 Å². The van der Waals surface area contributed by atoms with E-state index in [2.05, 4.69) is 47.1 Å². The van der Waals surface area contributed by atoms with Crippen LogP contribution in [0.5, 0.6) is 0 Å². The third-order valence-corrected chi connectivity index (χ3v) is 5.27. The van der Waals surface area contributed by atoms with Gasteiger partial charge in [-0.25, -0.2) is 0 Å². The molecule has 1 aliphatic carbocycles. The van der Waals surface area contributed by atoms with Crippen molar-refractivity contribution in [3.05, 3.63) is 35.9 Å². The molecule has 0 amide bonds. The normalized spacial score (nSPS) is 24.6. The van der Waals surface area contributed by atoms with Gasteiger partial charge in [-0.05, 0) is 25.3 Å². The molecule has 0 bridgehead atoms. The van der Waals surface area contributed by atoms with Crippen LogP contribution in [0.15, 0.2) is 30.3 Å². The Kier molecular flexibility index (Phi) is 4.74. The molecule has 1 saturated carbocycles. The van der Waals surface area contributed by atoms with Gasteiger partial charge in [-0.2, -0.15) is 0 Å². The monoisotopic (exact) mass is 272 g/mol. The van der Waals surface area contributed by atoms with Gasteiger partial charge in [0, 0.05) is 38.3 Å². The fourth-order valence-corrected chi connectivity index (χ4v) is 3.88. The van der Waals surface area contributed by atoms with Crippen molar-refractivity contribution in [2.24, 2.45) is 0 Å². The molecule has 2 aliphatic rings. The van der Waals surface area contributed by atoms with Crippen molar-refractivity contribution in [2.45, 2.75) is 51.1 Å². The summed E-state index contributed by atoms with van der Waals surface area (Å²) in [6.45, 7) is 7.34. The van der Waals surface area contributed by atoms with E-state index in [-0.39, 0.29) is 0 Å². The zero-order valence-electron chi connectivity index (χ0n) is 12.8. The van der Waals surface area contributed by atoms with Crippen molar-refractivity contribution in [3.63, 3.8) is 0 Å². The van der Waals surface area contributed by atoms with Crippen LogP contribution in [0.1, 0.15) is 50.6 Å². The van der Waals surface area contributed by atoms with E-state index in [1.165, 1.54) is 63.8 Å². The van der Waals surface area contributed by atoms with E-state index in [0.29, 0.717) is 6.04 Å². The van der Waals surface area contributed by atoms with E-state index >= 15 is 0 Å². The molecule has 3 rings (SSSR count). The number of rotatable bonds is 3. The summed E-state index contributed by atoms with van der Waals surface area (Å²) in [6.07, 6.45) is 7.24. The maximum atomic E-state index is 2.76. The Bertz CT molecular complexity index is 389. The van der Waals surface area contributed by atoms with Gasteiger partial charge in [0.1, 0.15) is 0 Å². The van der Waals surface area contributed by atoms with Crippen LogP contribution in [0, 0.1) is 0 Å². The van der Waals surface area contributed by atoms with Crippen LogP contribution in [0.2, 0.25) is 0 Å². The van der Waals surface area contributed by atoms with E-state index in [1.807, 2.05) is 0 Å². The SMILES string of the molecule is CC(c1ccccc1)N1CCN(C2CCCCC2)CC1. The number of benzene rings is 1. The lowest BCUT2D eigenvalue weighted by Crippen LogP contribution is -2.51. The minimum absolute atomic E-state index is 0.560. The molecule has 1 saturated heterocycles. The summed E-state index contributed by atoms with van der Waals surface area (Å²) in [5.74, 6) is 0. The third-order valence-electron chi connectivity index (χ3n) is 5.27. The standard InChI is InChI=1S/C18H28N2/c1-16(17-8-4-2-5-9-17)19-12-14-20(15-13-19)18-10-6-3-7-11-18/h2,4-5,8-9,16,18H,3,6-7,10-15H2,1H3. The molecular weight excluding hydrogens is 244 g/mol. The van der Waals surface area contributed by atoms with Crippen LogP contribution in [-0.2, 0) is 0 Å². The van der Waals surface area contributed by atoms with Crippen LogP contribution in [0.4, 0.5) is 0 Å². The highest BCUT2D eigenvalue weighted by molar-refractivity contribution is 5.18. The quantitative estimate of drug-likeness (QED) is 0.828. The van der Waals surface area contributed by atoms with E-state index in [1.54, 1.807) is 0 Å². The number of piperazine rings is 1. The molecule has 1 unspecified atom stereocenters. The van der Waals surface area contributed by atoms with Gasteiger partial charge < -0.3 is 0 Å². The minimum Gasteiger partial charge on any atom is -0.298 e. The van der Waals surface area contributed by atoms with Gasteiger partial charge in [0.2, 0.25) is 0 Å². The summed E-state index contributed by atoms with van der Waals surface area (Å²) in [5.41, 5.74) is 1.46. The average molecular weight is 272 g/mol. The number of hydrogen-bond acceptors (Lipinski definition) is 2. The van der Waals surface area contributed by atoms with Crippen molar-refractivity contribution >= 4 is 0 Å². The van der Waals surface area contributed by atoms with Crippen LogP contribution >= 0.6 is 0 Å². The molecule has 110 valence electrons. The minimum atomic E-state index is 0.560. The molecule has 0 radical (unpaired) electrons. The average Bonchev–Trinajstić information content (AvgIpc) is 2.56. The summed E-state index contributed by atoms with van der Waals surface area (Å²) in [6, 6.07) is 12.4. The lowest BCUT2D eigenvalue weighted by molar-refractivity contribution is 0.0603. The first-order chi connectivity index (χ1) is 9.84. The fourth-order valence-electron chi connectivity index (χ4n) is 3.88. The molecule has 2 fully saturated rings. The summed E-state index contributed by atoms with van der Waals surface area (Å²) in [7, 11) is 0. The summed E-state index contributed by atoms with van der Waals surface area (Å²) in [5, 5.41) is 0. The smallest absolute Gasteiger partial charge is 0.0320 e. The highest BCUT2D eigenvalue weighted by Gasteiger charge is 2.27. The Hall–Kier alpha value is -0.860. The first-order valence-corrected chi connectivity index (χ1v) is 8.37. The number of hydrogen-bond donors (Lipinski definition) is 0. The zero-order chi connectivity index (χ0) is 13.8. The van der Waals surface area contributed by atoms with Crippen molar-refractivity contribution in [1.29, 1.82) is 0 Å². The Balaban J connectivity index is 1.53. The third kappa shape index (κ3) is 3.24. The van der Waals surface area contributed by atoms with Gasteiger partial charge in [0.15, 0.2) is 0 Å². The first kappa shape index (κ1) is 14.1. The molecular formula is C18H28N2. The second-order valence-corrected chi connectivity index (χ2v) is 6.45. The molecule has 2 heteroatoms. The molecule has 1 aromatic rings. The van der Waals surface area contributed by atoms with Crippen molar-refractivity contribution in [1.82, 2.24) is 9.80 Å². The Morgan fingerprint density at radius 3 is 2.20 bits per heavy atom. The fraction of sp³-hybridized carbons (Fsp3) is 0.667. The maximum absolute atomic E-state index is 2.76. The maximum Gasteiger partial charge on any atom is 0.0320 e. The second-order valence-electron chi connectivity index (χ2n) is 6.45. The van der Waals surface area contributed by atoms with Gasteiger partial charge in [0.25, 0.3) is 0 Å². The highest BCUT2D eigenvalue weighted by atomic mass is 15.3. The van der Waals surface area contributed by atoms with Gasteiger partial charge in [-0.3, -0.25) is 9.80 Å². The summed E-state index contributed by atoms with van der Waals surface area (Å²) >= 11 is 0. The molecule has 2 nitrogen and oxygen atoms in total. The van der Waals surface area contributed by atoms with Crippen LogP contribution in [0.3, 0.4) is 0 Å². The largest absolute Gasteiger partial charge is 0.298 e. The molecule has 1 heterocycles. The van der Waals surface area contributed by atoms with Crippen molar-refractivity contribution < 1.29 is 0 Å². The predicted molar refractivity (Wildman–Crippen MR) is 84.9 cm³/mol. The molecule has 1 aromatic carbocycles. The predicted octanol–water partition coefficient (Wildman–Crippen LogP) is 3.70. The van der Waals surface area contributed by atoms with E-state index < -0.39 is 0 Å². The zero-order valence-corrected chi connectivity index (χ0v) is 12.8. The van der Waals surface area contributed by atoms with Crippen molar-refractivity contribution in [3.8, 4) is 0 Å². The van der Waals surface area contributed by atoms with Crippen molar-refractivity contribution in [2.75, 3.05) is 26.2 Å². The Morgan fingerprint density at radius 1 is 0.900 bits per heavy atom. The molecule has 1 aliphatic heterocycles. The highest BCUT2D eigenvalue weighted by Crippen LogP contribution is 2.26. The van der Waals surface area contributed by atoms with Crippen LogP contribution < -0.4 is 0 Å². The van der Waals surface area contributed by atoms with Gasteiger partial charge >= 0.3 is 0 Å². The summed E-state index contributed by atoms with van der Waals surface area (Å²) < 4.78 is 0. The van der Waals surface area contributed by atoms with Crippen LogP contribution in [0.25, 0.3) is 0 Å². The van der Waals surface area contributed by atoms with Gasteiger partial charge in [-0.15, -0.1) is 0 Å². The van der Waals surface area contributed by atoms with Gasteiger partial charge in [-0.1, -0.05) is 49.6 Å². The first-order valence-electron chi connectivity index (χ1n) is 8.37. The molecule has 1 atom stereocenters. The molecule has 0 N–H and O–H groups in total. The number of nitrogens with zero attached hydrogens (tertiary/aromatic N) is 2. The lowest BCUT2D eigenvalue weighted by Gasteiger charge is -2.42. The lowest BCUT2D eigenvalue weighted by atomic mass is 9.93. The van der Waals surface area contributed by atoms with E-state index in [0.717, 1.165) is 6.04 Å². The second kappa shape index (κ2) is 6.73. The summed E-state index contributed by atoms with van der Waals surface area (Å²) in [4.78, 5) is 5.40. The van der Waals surface area contributed by atoms with E-state index in [4.69, 9.17) is 0 Å². The van der Waals surface area contributed by atoms with E-state index in [9.17, 15) is 0 Å². The molecule has 0 aromatic heterocycles. The molecule has 0 spiro atoms. The van der Waals surface area contributed by atoms with Gasteiger partial charge in [0.05, 0.1) is 0 Å². The Morgan fingerprint density at radius 2 is 1.55 bits per heavy atom. The molecule has 20 heavy (non-hydrogen) atoms. The topological polar surface area (TPSA) is 6.48 Å². The van der Waals surface area contributed by atoms with Crippen LogP contribution in [-0.4, -0.2) is 42.0 Å².